The number of nitrogens with zero attached hydrogens (tertiary/aromatic N) is 3. The van der Waals surface area contributed by atoms with Crippen LogP contribution in [0.5, 0.6) is 0 Å². The highest BCUT2D eigenvalue weighted by molar-refractivity contribution is 4.99. The molecule has 0 aliphatic heterocycles. The highest BCUT2D eigenvalue weighted by Gasteiger charge is 1.73. The van der Waals surface area contributed by atoms with Gasteiger partial charge in [0, 0.05) is 36.7 Å². The summed E-state index contributed by atoms with van der Waals surface area (Å²) in [4.78, 5) is 11.5. The smallest absolute Gasteiger partial charge is 0.0372 e. The molecule has 0 saturated carbocycles. The van der Waals surface area contributed by atoms with Gasteiger partial charge < -0.3 is 0 Å². The third-order valence-electron chi connectivity index (χ3n) is 1.95. The number of aromatic nitrogens is 3. The average molecular weight is 251 g/mol. The number of pyridine rings is 3. The van der Waals surface area contributed by atoms with Crippen LogP contribution in [-0.4, -0.2) is 15.0 Å². The molecule has 0 aliphatic carbocycles. The molecule has 3 heteroatoms. The molecule has 3 aromatic rings. The zero-order valence-corrected chi connectivity index (χ0v) is 10.9. The van der Waals surface area contributed by atoms with Gasteiger partial charge >= 0.3 is 0 Å². The lowest BCUT2D eigenvalue weighted by molar-refractivity contribution is 1.20. The van der Waals surface area contributed by atoms with Gasteiger partial charge in [0.15, 0.2) is 0 Å². The predicted octanol–water partition coefficient (Wildman–Crippen LogP) is 3.55. The summed E-state index contributed by atoms with van der Waals surface area (Å²) in [5.41, 5.74) is 1.07. The fraction of sp³-hybridized carbons (Fsp3) is 0.0625. The Labute approximate surface area is 114 Å². The molecule has 0 aromatic carbocycles. The van der Waals surface area contributed by atoms with Crippen molar-refractivity contribution in [3.63, 3.8) is 0 Å². The van der Waals surface area contributed by atoms with Crippen LogP contribution in [0.2, 0.25) is 0 Å². The van der Waals surface area contributed by atoms with Crippen molar-refractivity contribution in [1.29, 1.82) is 0 Å². The zero-order valence-electron chi connectivity index (χ0n) is 10.9. The van der Waals surface area contributed by atoms with Gasteiger partial charge in [-0.1, -0.05) is 18.2 Å². The molecule has 0 unspecified atom stereocenters. The van der Waals surface area contributed by atoms with E-state index in [9.17, 15) is 0 Å². The number of hydrogen-bond donors (Lipinski definition) is 0. The molecular weight excluding hydrogens is 234 g/mol. The van der Waals surface area contributed by atoms with Crippen LogP contribution >= 0.6 is 0 Å². The van der Waals surface area contributed by atoms with E-state index in [1.807, 2.05) is 61.5 Å². The van der Waals surface area contributed by atoms with Crippen molar-refractivity contribution in [2.24, 2.45) is 0 Å². The molecule has 3 nitrogen and oxygen atoms in total. The molecule has 0 spiro atoms. The minimum absolute atomic E-state index is 1.07. The van der Waals surface area contributed by atoms with Crippen LogP contribution in [0.25, 0.3) is 0 Å². The van der Waals surface area contributed by atoms with Gasteiger partial charge in [0.25, 0.3) is 0 Å². The first-order chi connectivity index (χ1) is 9.39. The molecule has 0 radical (unpaired) electrons. The Morgan fingerprint density at radius 2 is 1.05 bits per heavy atom. The molecule has 0 amide bonds. The predicted molar refractivity (Wildman–Crippen MR) is 77.4 cm³/mol. The maximum absolute atomic E-state index is 3.98. The van der Waals surface area contributed by atoms with E-state index in [1.165, 1.54) is 0 Å². The summed E-state index contributed by atoms with van der Waals surface area (Å²) in [7, 11) is 0. The molecule has 0 N–H and O–H groups in total. The third kappa shape index (κ3) is 9.18. The summed E-state index contributed by atoms with van der Waals surface area (Å²) in [6, 6.07) is 17.3. The minimum atomic E-state index is 1.07. The summed E-state index contributed by atoms with van der Waals surface area (Å²) in [6.45, 7) is 1.97. The van der Waals surface area contributed by atoms with Crippen LogP contribution in [0.3, 0.4) is 0 Å². The molecule has 3 heterocycles. The van der Waals surface area contributed by atoms with Gasteiger partial charge in [-0.2, -0.15) is 0 Å². The number of rotatable bonds is 0. The summed E-state index contributed by atoms with van der Waals surface area (Å²) < 4.78 is 0. The Morgan fingerprint density at radius 1 is 0.579 bits per heavy atom. The van der Waals surface area contributed by atoms with Crippen LogP contribution in [0.15, 0.2) is 85.6 Å². The topological polar surface area (TPSA) is 38.7 Å². The van der Waals surface area contributed by atoms with E-state index in [4.69, 9.17) is 0 Å². The number of hydrogen-bond acceptors (Lipinski definition) is 3. The monoisotopic (exact) mass is 251 g/mol. The summed E-state index contributed by atoms with van der Waals surface area (Å²) in [5, 5.41) is 0. The van der Waals surface area contributed by atoms with Crippen LogP contribution in [-0.2, 0) is 0 Å². The molecule has 0 fully saturated rings. The van der Waals surface area contributed by atoms with Gasteiger partial charge in [0.05, 0.1) is 0 Å². The second kappa shape index (κ2) is 10.6. The Bertz CT molecular complexity index is 413. The largest absolute Gasteiger partial charge is 0.265 e. The fourth-order valence-electron chi connectivity index (χ4n) is 1.07. The molecule has 0 saturated heterocycles. The molecular formula is C16H17N3. The van der Waals surface area contributed by atoms with Gasteiger partial charge in [-0.15, -0.1) is 0 Å². The lowest BCUT2D eigenvalue weighted by Crippen LogP contribution is -1.72. The summed E-state index contributed by atoms with van der Waals surface area (Å²) in [5.74, 6) is 0. The van der Waals surface area contributed by atoms with E-state index in [-0.39, 0.29) is 0 Å². The van der Waals surface area contributed by atoms with Crippen molar-refractivity contribution >= 4 is 0 Å². The lowest BCUT2D eigenvalue weighted by Gasteiger charge is -1.82. The molecule has 3 aromatic heterocycles. The lowest BCUT2D eigenvalue weighted by atomic mass is 10.4. The molecule has 0 bridgehead atoms. The SMILES string of the molecule is Cc1ccccn1.c1ccncc1.c1ccncc1. The highest BCUT2D eigenvalue weighted by Crippen LogP contribution is 1.86. The van der Waals surface area contributed by atoms with Crippen molar-refractivity contribution < 1.29 is 0 Å². The molecule has 0 atom stereocenters. The summed E-state index contributed by atoms with van der Waals surface area (Å²) >= 11 is 0. The second-order valence-electron chi connectivity index (χ2n) is 3.52. The van der Waals surface area contributed by atoms with Crippen molar-refractivity contribution in [2.75, 3.05) is 0 Å². The maximum Gasteiger partial charge on any atom is 0.0372 e. The van der Waals surface area contributed by atoms with Gasteiger partial charge in [0.2, 0.25) is 0 Å². The van der Waals surface area contributed by atoms with Gasteiger partial charge in [-0.3, -0.25) is 15.0 Å². The zero-order chi connectivity index (χ0) is 13.6. The minimum Gasteiger partial charge on any atom is -0.265 e. The van der Waals surface area contributed by atoms with Crippen LogP contribution in [0.4, 0.5) is 0 Å². The van der Waals surface area contributed by atoms with Gasteiger partial charge in [0.1, 0.15) is 0 Å². The Kier molecular flexibility index (Phi) is 8.09. The van der Waals surface area contributed by atoms with E-state index in [0.29, 0.717) is 0 Å². The third-order valence-corrected chi connectivity index (χ3v) is 1.95. The molecule has 3 rings (SSSR count). The van der Waals surface area contributed by atoms with Crippen molar-refractivity contribution in [3.8, 4) is 0 Å². The Balaban J connectivity index is 0.000000143. The first-order valence-corrected chi connectivity index (χ1v) is 5.97. The van der Waals surface area contributed by atoms with E-state index < -0.39 is 0 Å². The van der Waals surface area contributed by atoms with Crippen molar-refractivity contribution in [3.05, 3.63) is 91.3 Å². The Morgan fingerprint density at radius 3 is 1.21 bits per heavy atom. The van der Waals surface area contributed by atoms with Gasteiger partial charge in [-0.25, -0.2) is 0 Å². The number of aryl methyl sites for hydroxylation is 1. The fourth-order valence-corrected chi connectivity index (χ4v) is 1.07. The first-order valence-electron chi connectivity index (χ1n) is 5.97. The molecule has 96 valence electrons. The van der Waals surface area contributed by atoms with Crippen molar-refractivity contribution in [1.82, 2.24) is 15.0 Å². The first kappa shape index (κ1) is 14.5. The quantitative estimate of drug-likeness (QED) is 0.613. The van der Waals surface area contributed by atoms with Crippen LogP contribution in [0.1, 0.15) is 5.69 Å². The highest BCUT2D eigenvalue weighted by atomic mass is 14.6. The average Bonchev–Trinajstić information content (AvgIpc) is 2.53. The van der Waals surface area contributed by atoms with Crippen molar-refractivity contribution in [2.45, 2.75) is 6.92 Å². The summed E-state index contributed by atoms with van der Waals surface area (Å²) in [6.07, 6.45) is 8.79. The maximum atomic E-state index is 3.98. The van der Waals surface area contributed by atoms with Crippen LogP contribution < -0.4 is 0 Å². The Hall–Kier alpha value is -2.55. The normalized spacial score (nSPS) is 8.26. The van der Waals surface area contributed by atoms with E-state index in [2.05, 4.69) is 15.0 Å². The molecule has 19 heavy (non-hydrogen) atoms. The van der Waals surface area contributed by atoms with Crippen LogP contribution in [0, 0.1) is 6.92 Å². The second-order valence-corrected chi connectivity index (χ2v) is 3.52. The standard InChI is InChI=1S/C6H7N.2C5H5N/c1-6-4-2-3-5-7-6;2*1-2-4-6-5-3-1/h2-5H,1H3;2*1-5H. The van der Waals surface area contributed by atoms with E-state index >= 15 is 0 Å². The molecule has 0 aliphatic rings. The van der Waals surface area contributed by atoms with E-state index in [1.54, 1.807) is 31.0 Å². The van der Waals surface area contributed by atoms with Gasteiger partial charge in [-0.05, 0) is 43.3 Å². The van der Waals surface area contributed by atoms with E-state index in [0.717, 1.165) is 5.69 Å².